The van der Waals surface area contributed by atoms with E-state index >= 15 is 0 Å². The molecule has 0 fully saturated rings. The first kappa shape index (κ1) is 16.9. The Morgan fingerprint density at radius 1 is 1.04 bits per heavy atom. The van der Waals surface area contributed by atoms with Gasteiger partial charge in [-0.1, -0.05) is 35.9 Å². The zero-order valence-electron chi connectivity index (χ0n) is 14.1. The number of phenols is 1. The highest BCUT2D eigenvalue weighted by molar-refractivity contribution is 5.79. The van der Waals surface area contributed by atoms with Crippen LogP contribution in [0, 0.1) is 13.8 Å². The molecule has 0 unspecified atom stereocenters. The lowest BCUT2D eigenvalue weighted by Gasteiger charge is -2.13. The smallest absolute Gasteiger partial charge is 0.191 e. The van der Waals surface area contributed by atoms with Gasteiger partial charge in [-0.05, 0) is 49.6 Å². The molecule has 0 aliphatic rings. The van der Waals surface area contributed by atoms with E-state index in [1.807, 2.05) is 12.1 Å². The van der Waals surface area contributed by atoms with Crippen LogP contribution in [0.5, 0.6) is 5.75 Å². The van der Waals surface area contributed by atoms with Gasteiger partial charge in [0.05, 0.1) is 6.54 Å². The molecule has 2 rings (SSSR count). The van der Waals surface area contributed by atoms with Crippen molar-refractivity contribution in [1.29, 1.82) is 0 Å². The first-order valence-corrected chi connectivity index (χ1v) is 7.94. The molecule has 4 nitrogen and oxygen atoms in total. The number of aromatic hydroxyl groups is 1. The van der Waals surface area contributed by atoms with Gasteiger partial charge in [-0.2, -0.15) is 0 Å². The molecule has 122 valence electrons. The van der Waals surface area contributed by atoms with Crippen molar-refractivity contribution in [3.63, 3.8) is 0 Å². The fourth-order valence-electron chi connectivity index (χ4n) is 2.34. The average Bonchev–Trinajstić information content (AvgIpc) is 2.53. The Bertz CT molecular complexity index is 663. The first-order chi connectivity index (χ1) is 11.1. The maximum atomic E-state index is 9.31. The second-order valence-corrected chi connectivity index (χ2v) is 5.65. The molecule has 0 spiro atoms. The van der Waals surface area contributed by atoms with Crippen molar-refractivity contribution < 1.29 is 5.11 Å². The van der Waals surface area contributed by atoms with E-state index in [9.17, 15) is 5.11 Å². The summed E-state index contributed by atoms with van der Waals surface area (Å²) in [5.41, 5.74) is 4.89. The van der Waals surface area contributed by atoms with Crippen LogP contribution < -0.4 is 10.6 Å². The third-order valence-corrected chi connectivity index (χ3v) is 3.64. The van der Waals surface area contributed by atoms with Crippen LogP contribution in [-0.4, -0.2) is 17.6 Å². The van der Waals surface area contributed by atoms with Crippen molar-refractivity contribution in [2.24, 2.45) is 4.99 Å². The molecule has 4 heteroatoms. The van der Waals surface area contributed by atoms with Crippen LogP contribution in [-0.2, 0) is 13.1 Å². The van der Waals surface area contributed by atoms with Gasteiger partial charge in [0.1, 0.15) is 5.75 Å². The predicted molar refractivity (Wildman–Crippen MR) is 95.7 cm³/mol. The average molecular weight is 311 g/mol. The van der Waals surface area contributed by atoms with Gasteiger partial charge in [-0.15, -0.1) is 0 Å². The van der Waals surface area contributed by atoms with E-state index in [2.05, 4.69) is 54.6 Å². The molecule has 0 saturated carbocycles. The number of rotatable bonds is 5. The number of hydrogen-bond donors (Lipinski definition) is 3. The third kappa shape index (κ3) is 5.33. The molecule has 0 aromatic heterocycles. The van der Waals surface area contributed by atoms with E-state index < -0.39 is 0 Å². The van der Waals surface area contributed by atoms with Crippen molar-refractivity contribution in [2.75, 3.05) is 6.54 Å². The summed E-state index contributed by atoms with van der Waals surface area (Å²) in [6.07, 6.45) is 0. The molecule has 0 amide bonds. The topological polar surface area (TPSA) is 56.7 Å². The predicted octanol–water partition coefficient (Wildman–Crippen LogP) is 3.26. The van der Waals surface area contributed by atoms with Crippen molar-refractivity contribution in [3.8, 4) is 5.75 Å². The Morgan fingerprint density at radius 3 is 2.43 bits per heavy atom. The van der Waals surface area contributed by atoms with Crippen molar-refractivity contribution in [2.45, 2.75) is 33.9 Å². The molecule has 0 radical (unpaired) electrons. The quantitative estimate of drug-likeness (QED) is 0.587. The van der Waals surface area contributed by atoms with Crippen LogP contribution in [0.1, 0.15) is 29.2 Å². The van der Waals surface area contributed by atoms with Crippen LogP contribution in [0.4, 0.5) is 0 Å². The molecule has 0 aliphatic heterocycles. The number of hydrogen-bond acceptors (Lipinski definition) is 2. The number of guanidine groups is 1. The normalized spacial score (nSPS) is 11.3. The second-order valence-electron chi connectivity index (χ2n) is 5.65. The van der Waals surface area contributed by atoms with Crippen molar-refractivity contribution in [1.82, 2.24) is 10.6 Å². The molecule has 0 atom stereocenters. The fraction of sp³-hybridized carbons (Fsp3) is 0.316. The first-order valence-electron chi connectivity index (χ1n) is 7.94. The summed E-state index contributed by atoms with van der Waals surface area (Å²) in [5.74, 6) is 1.07. The number of benzene rings is 2. The van der Waals surface area contributed by atoms with Gasteiger partial charge < -0.3 is 15.7 Å². The maximum absolute atomic E-state index is 9.31. The van der Waals surface area contributed by atoms with Crippen molar-refractivity contribution >= 4 is 5.96 Å². The molecular formula is C19H25N3O. The van der Waals surface area contributed by atoms with Gasteiger partial charge in [0.15, 0.2) is 5.96 Å². The minimum absolute atomic E-state index is 0.276. The van der Waals surface area contributed by atoms with Gasteiger partial charge in [0.2, 0.25) is 0 Å². The zero-order valence-corrected chi connectivity index (χ0v) is 14.1. The third-order valence-electron chi connectivity index (χ3n) is 3.64. The monoisotopic (exact) mass is 311 g/mol. The summed E-state index contributed by atoms with van der Waals surface area (Å²) in [6.45, 7) is 8.41. The summed E-state index contributed by atoms with van der Waals surface area (Å²) in [4.78, 5) is 4.59. The Morgan fingerprint density at radius 2 is 1.78 bits per heavy atom. The van der Waals surface area contributed by atoms with Gasteiger partial charge in [-0.3, -0.25) is 0 Å². The molecular weight excluding hydrogens is 286 g/mol. The minimum atomic E-state index is 0.276. The van der Waals surface area contributed by atoms with Crippen LogP contribution >= 0.6 is 0 Å². The van der Waals surface area contributed by atoms with Gasteiger partial charge in [0, 0.05) is 13.1 Å². The van der Waals surface area contributed by atoms with Crippen LogP contribution in [0.2, 0.25) is 0 Å². The van der Waals surface area contributed by atoms with Crippen LogP contribution in [0.3, 0.4) is 0 Å². The number of phenolic OH excluding ortho intramolecular Hbond substituents is 1. The Labute approximate surface area is 138 Å². The Balaban J connectivity index is 1.99. The van der Waals surface area contributed by atoms with Gasteiger partial charge in [0.25, 0.3) is 0 Å². The molecule has 0 bridgehead atoms. The summed E-state index contributed by atoms with van der Waals surface area (Å²) >= 11 is 0. The number of nitrogens with zero attached hydrogens (tertiary/aromatic N) is 1. The molecule has 23 heavy (non-hydrogen) atoms. The largest absolute Gasteiger partial charge is 0.508 e. The summed E-state index contributed by atoms with van der Waals surface area (Å²) in [7, 11) is 0. The SMILES string of the molecule is CCNC(=NCc1ccc(O)cc1)NCc1ccc(C)cc1C. The Hall–Kier alpha value is -2.49. The zero-order chi connectivity index (χ0) is 16.7. The molecule has 0 aliphatic carbocycles. The molecule has 2 aromatic carbocycles. The highest BCUT2D eigenvalue weighted by Crippen LogP contribution is 2.11. The number of aryl methyl sites for hydroxylation is 2. The Kier molecular flexibility index (Phi) is 6.03. The van der Waals surface area contributed by atoms with Crippen molar-refractivity contribution in [3.05, 3.63) is 64.7 Å². The standard InChI is InChI=1S/C19H25N3O/c1-4-20-19(21-12-16-6-9-18(23)10-7-16)22-13-17-8-5-14(2)11-15(17)3/h5-11,23H,4,12-13H2,1-3H3,(H2,20,21,22). The van der Waals surface area contributed by atoms with Crippen LogP contribution in [0.25, 0.3) is 0 Å². The molecule has 3 N–H and O–H groups in total. The number of aliphatic imine (C=N–C) groups is 1. The van der Waals surface area contributed by atoms with Gasteiger partial charge in [-0.25, -0.2) is 4.99 Å². The van der Waals surface area contributed by atoms with E-state index in [1.165, 1.54) is 16.7 Å². The summed E-state index contributed by atoms with van der Waals surface area (Å²) in [5, 5.41) is 15.9. The number of nitrogens with one attached hydrogen (secondary N) is 2. The lowest BCUT2D eigenvalue weighted by molar-refractivity contribution is 0.475. The molecule has 0 heterocycles. The van der Waals surface area contributed by atoms with E-state index in [0.717, 1.165) is 24.6 Å². The van der Waals surface area contributed by atoms with E-state index in [0.29, 0.717) is 6.54 Å². The highest BCUT2D eigenvalue weighted by Gasteiger charge is 2.01. The highest BCUT2D eigenvalue weighted by atomic mass is 16.3. The second kappa shape index (κ2) is 8.22. The lowest BCUT2D eigenvalue weighted by atomic mass is 10.1. The summed E-state index contributed by atoms with van der Waals surface area (Å²) in [6, 6.07) is 13.6. The molecule has 2 aromatic rings. The van der Waals surface area contributed by atoms with Crippen LogP contribution in [0.15, 0.2) is 47.5 Å². The maximum Gasteiger partial charge on any atom is 0.191 e. The molecule has 0 saturated heterocycles. The fourth-order valence-corrected chi connectivity index (χ4v) is 2.34. The van der Waals surface area contributed by atoms with E-state index in [4.69, 9.17) is 0 Å². The summed E-state index contributed by atoms with van der Waals surface area (Å²) < 4.78 is 0. The lowest BCUT2D eigenvalue weighted by Crippen LogP contribution is -2.36. The van der Waals surface area contributed by atoms with E-state index in [-0.39, 0.29) is 5.75 Å². The minimum Gasteiger partial charge on any atom is -0.508 e. The van der Waals surface area contributed by atoms with Gasteiger partial charge >= 0.3 is 0 Å². The van der Waals surface area contributed by atoms with E-state index in [1.54, 1.807) is 12.1 Å².